The molecule has 0 aromatic heterocycles. The maximum absolute atomic E-state index is 13.0. The summed E-state index contributed by atoms with van der Waals surface area (Å²) in [6, 6.07) is 19.5. The second-order valence-electron chi connectivity index (χ2n) is 6.05. The first-order chi connectivity index (χ1) is 11.8. The molecular weight excluding hydrogens is 298 g/mol. The van der Waals surface area contributed by atoms with Crippen molar-refractivity contribution < 1.29 is 4.79 Å². The summed E-state index contributed by atoms with van der Waals surface area (Å²) >= 11 is 0. The predicted octanol–water partition coefficient (Wildman–Crippen LogP) is 3.42. The summed E-state index contributed by atoms with van der Waals surface area (Å²) in [7, 11) is 0. The van der Waals surface area contributed by atoms with Crippen LogP contribution < -0.4 is 5.01 Å². The molecule has 0 atom stereocenters. The van der Waals surface area contributed by atoms with Crippen molar-refractivity contribution in [3.8, 4) is 0 Å². The van der Waals surface area contributed by atoms with Crippen LogP contribution in [0.5, 0.6) is 0 Å². The van der Waals surface area contributed by atoms with E-state index in [1.54, 1.807) is 0 Å². The topological polar surface area (TPSA) is 35.9 Å². The van der Waals surface area contributed by atoms with Gasteiger partial charge in [-0.3, -0.25) is 4.79 Å². The predicted molar refractivity (Wildman–Crippen MR) is 95.8 cm³/mol. The number of nitrogens with zero attached hydrogens (tertiary/aromatic N) is 3. The molecule has 0 unspecified atom stereocenters. The standard InChI is InChI=1S/C20H19N3O/c24-20-18(15-22-13-7-8-14-22)19(16-9-3-1-4-10-16)21-23(20)17-11-5-2-6-12-17/h1-6,9-12,15H,7-8,13-14H2. The maximum atomic E-state index is 13.0. The third-order valence-corrected chi connectivity index (χ3v) is 4.38. The van der Waals surface area contributed by atoms with Crippen LogP contribution in [0.25, 0.3) is 0 Å². The lowest BCUT2D eigenvalue weighted by atomic mass is 10.0. The quantitative estimate of drug-likeness (QED) is 0.813. The molecule has 2 aliphatic heterocycles. The molecule has 4 rings (SSSR count). The van der Waals surface area contributed by atoms with Crippen LogP contribution in [0.15, 0.2) is 77.5 Å². The molecular formula is C20H19N3O. The van der Waals surface area contributed by atoms with Crippen molar-refractivity contribution in [1.29, 1.82) is 0 Å². The van der Waals surface area contributed by atoms with Gasteiger partial charge >= 0.3 is 0 Å². The maximum Gasteiger partial charge on any atom is 0.282 e. The molecule has 0 N–H and O–H groups in total. The van der Waals surface area contributed by atoms with Crippen LogP contribution in [0.2, 0.25) is 0 Å². The fourth-order valence-corrected chi connectivity index (χ4v) is 3.14. The van der Waals surface area contributed by atoms with Gasteiger partial charge < -0.3 is 4.90 Å². The lowest BCUT2D eigenvalue weighted by Gasteiger charge is -2.14. The Hall–Kier alpha value is -2.88. The molecule has 120 valence electrons. The Morgan fingerprint density at radius 2 is 1.50 bits per heavy atom. The molecule has 1 saturated heterocycles. The number of carbonyl (C=O) groups excluding carboxylic acids is 1. The highest BCUT2D eigenvalue weighted by Crippen LogP contribution is 2.27. The van der Waals surface area contributed by atoms with Crippen LogP contribution in [-0.4, -0.2) is 29.6 Å². The first-order valence-corrected chi connectivity index (χ1v) is 8.33. The summed E-state index contributed by atoms with van der Waals surface area (Å²) in [4.78, 5) is 15.2. The van der Waals surface area contributed by atoms with E-state index in [0.717, 1.165) is 30.1 Å². The molecule has 24 heavy (non-hydrogen) atoms. The molecule has 0 spiro atoms. The van der Waals surface area contributed by atoms with E-state index in [0.29, 0.717) is 5.57 Å². The van der Waals surface area contributed by atoms with Crippen LogP contribution in [0.1, 0.15) is 18.4 Å². The first kappa shape index (κ1) is 14.7. The molecule has 1 fully saturated rings. The summed E-state index contributed by atoms with van der Waals surface area (Å²) in [5.74, 6) is -0.0630. The molecule has 0 aliphatic carbocycles. The summed E-state index contributed by atoms with van der Waals surface area (Å²) in [5, 5.41) is 6.14. The van der Waals surface area contributed by atoms with E-state index in [4.69, 9.17) is 0 Å². The zero-order chi connectivity index (χ0) is 16.4. The highest BCUT2D eigenvalue weighted by molar-refractivity contribution is 6.35. The number of anilines is 1. The highest BCUT2D eigenvalue weighted by atomic mass is 16.2. The van der Waals surface area contributed by atoms with Crippen LogP contribution in [0, 0.1) is 0 Å². The van der Waals surface area contributed by atoms with Gasteiger partial charge in [0.15, 0.2) is 0 Å². The Bertz CT molecular complexity index is 790. The minimum absolute atomic E-state index is 0.0630. The molecule has 0 bridgehead atoms. The van der Waals surface area contributed by atoms with Crippen molar-refractivity contribution >= 4 is 17.3 Å². The van der Waals surface area contributed by atoms with Gasteiger partial charge in [-0.05, 0) is 25.0 Å². The van der Waals surface area contributed by atoms with Crippen LogP contribution in [0.3, 0.4) is 0 Å². The minimum atomic E-state index is -0.0630. The number of hydrogen-bond acceptors (Lipinski definition) is 3. The lowest BCUT2D eigenvalue weighted by molar-refractivity contribution is -0.114. The Morgan fingerprint density at radius 3 is 2.17 bits per heavy atom. The van der Waals surface area contributed by atoms with E-state index in [1.165, 1.54) is 17.9 Å². The number of hydrazone groups is 1. The number of para-hydroxylation sites is 1. The molecule has 2 aromatic rings. The largest absolute Gasteiger partial charge is 0.377 e. The zero-order valence-electron chi connectivity index (χ0n) is 13.4. The van der Waals surface area contributed by atoms with E-state index >= 15 is 0 Å². The molecule has 2 heterocycles. The molecule has 0 radical (unpaired) electrons. The van der Waals surface area contributed by atoms with Gasteiger partial charge in [0.05, 0.1) is 11.3 Å². The number of carbonyl (C=O) groups is 1. The average molecular weight is 317 g/mol. The van der Waals surface area contributed by atoms with E-state index in [9.17, 15) is 4.79 Å². The Labute approximate surface area is 141 Å². The Balaban J connectivity index is 1.77. The van der Waals surface area contributed by atoms with Crippen LogP contribution in [-0.2, 0) is 4.79 Å². The van der Waals surface area contributed by atoms with E-state index < -0.39 is 0 Å². The van der Waals surface area contributed by atoms with Gasteiger partial charge in [-0.15, -0.1) is 0 Å². The average Bonchev–Trinajstić information content (AvgIpc) is 3.26. The van der Waals surface area contributed by atoms with Gasteiger partial charge in [-0.25, -0.2) is 0 Å². The van der Waals surface area contributed by atoms with E-state index in [-0.39, 0.29) is 5.91 Å². The third-order valence-electron chi connectivity index (χ3n) is 4.38. The fourth-order valence-electron chi connectivity index (χ4n) is 3.14. The van der Waals surface area contributed by atoms with E-state index in [1.807, 2.05) is 66.9 Å². The van der Waals surface area contributed by atoms with Gasteiger partial charge in [0.1, 0.15) is 5.71 Å². The minimum Gasteiger partial charge on any atom is -0.377 e. The summed E-state index contributed by atoms with van der Waals surface area (Å²) in [6.07, 6.45) is 4.35. The molecule has 2 aromatic carbocycles. The van der Waals surface area contributed by atoms with Gasteiger partial charge in [-0.2, -0.15) is 10.1 Å². The summed E-state index contributed by atoms with van der Waals surface area (Å²) < 4.78 is 0. The van der Waals surface area contributed by atoms with Gasteiger partial charge in [0.25, 0.3) is 5.91 Å². The van der Waals surface area contributed by atoms with Crippen LogP contribution in [0.4, 0.5) is 5.69 Å². The van der Waals surface area contributed by atoms with E-state index in [2.05, 4.69) is 10.0 Å². The number of likely N-dealkylation sites (tertiary alicyclic amines) is 1. The van der Waals surface area contributed by atoms with Crippen molar-refractivity contribution in [3.63, 3.8) is 0 Å². The normalized spacial score (nSPS) is 19.2. The molecule has 0 saturated carbocycles. The van der Waals surface area contributed by atoms with Crippen molar-refractivity contribution in [2.45, 2.75) is 12.8 Å². The number of rotatable bonds is 3. The zero-order valence-corrected chi connectivity index (χ0v) is 13.4. The molecule has 4 nitrogen and oxygen atoms in total. The number of benzene rings is 2. The van der Waals surface area contributed by atoms with Gasteiger partial charge in [0.2, 0.25) is 0 Å². The van der Waals surface area contributed by atoms with Crippen molar-refractivity contribution in [2.75, 3.05) is 18.1 Å². The summed E-state index contributed by atoms with van der Waals surface area (Å²) in [6.45, 7) is 2.01. The molecule has 4 heteroatoms. The smallest absolute Gasteiger partial charge is 0.282 e. The second kappa shape index (κ2) is 6.32. The first-order valence-electron chi connectivity index (χ1n) is 8.33. The number of hydrogen-bond donors (Lipinski definition) is 0. The van der Waals surface area contributed by atoms with Crippen molar-refractivity contribution in [1.82, 2.24) is 4.90 Å². The van der Waals surface area contributed by atoms with Crippen LogP contribution >= 0.6 is 0 Å². The highest BCUT2D eigenvalue weighted by Gasteiger charge is 2.32. The lowest BCUT2D eigenvalue weighted by Crippen LogP contribution is -2.23. The number of amides is 1. The SMILES string of the molecule is O=C1C(=CN2CCCC2)C(c2ccccc2)=NN1c1ccccc1. The monoisotopic (exact) mass is 317 g/mol. The molecule has 2 aliphatic rings. The van der Waals surface area contributed by atoms with Crippen molar-refractivity contribution in [2.24, 2.45) is 5.10 Å². The molecule has 1 amide bonds. The second-order valence-corrected chi connectivity index (χ2v) is 6.05. The van der Waals surface area contributed by atoms with Crippen molar-refractivity contribution in [3.05, 3.63) is 78.0 Å². The Morgan fingerprint density at radius 1 is 0.875 bits per heavy atom. The van der Waals surface area contributed by atoms with Gasteiger partial charge in [-0.1, -0.05) is 48.5 Å². The fraction of sp³-hybridized carbons (Fsp3) is 0.200. The third kappa shape index (κ3) is 2.71. The summed E-state index contributed by atoms with van der Waals surface area (Å²) in [5.41, 5.74) is 3.18. The van der Waals surface area contributed by atoms with Gasteiger partial charge in [0, 0.05) is 24.9 Å². The Kier molecular flexibility index (Phi) is 3.87.